The molecular weight excluding hydrogens is 352 g/mol. The van der Waals surface area contributed by atoms with Crippen LogP contribution >= 0.6 is 22.7 Å². The number of aromatic nitrogens is 1. The van der Waals surface area contributed by atoms with Crippen LogP contribution in [-0.2, 0) is 11.2 Å². The zero-order valence-electron chi connectivity index (χ0n) is 14.0. The van der Waals surface area contributed by atoms with Gasteiger partial charge in [0.2, 0.25) is 5.91 Å². The summed E-state index contributed by atoms with van der Waals surface area (Å²) in [6, 6.07) is 11.1. The van der Waals surface area contributed by atoms with E-state index in [9.17, 15) is 9.59 Å². The van der Waals surface area contributed by atoms with E-state index in [2.05, 4.69) is 16.4 Å². The molecule has 128 valence electrons. The standard InChI is InChI=1S/C19H18N2O2S2/c1-12(22)14-5-3-6-15(11-14)21-18(23)9-8-17-19(20-13(2)25-17)16-7-4-10-24-16/h3-7,10-11H,8-9H2,1-2H3,(H,21,23). The third-order valence-electron chi connectivity index (χ3n) is 3.69. The maximum atomic E-state index is 12.3. The van der Waals surface area contributed by atoms with Crippen LogP contribution in [0.3, 0.4) is 0 Å². The number of nitrogens with one attached hydrogen (secondary N) is 1. The molecule has 1 aromatic carbocycles. The first-order valence-corrected chi connectivity index (χ1v) is 9.63. The number of hydrogen-bond acceptors (Lipinski definition) is 5. The van der Waals surface area contributed by atoms with Gasteiger partial charge in [0.25, 0.3) is 0 Å². The van der Waals surface area contributed by atoms with Gasteiger partial charge < -0.3 is 5.32 Å². The lowest BCUT2D eigenvalue weighted by atomic mass is 10.1. The second-order valence-electron chi connectivity index (χ2n) is 5.67. The van der Waals surface area contributed by atoms with Crippen LogP contribution in [0.2, 0.25) is 0 Å². The van der Waals surface area contributed by atoms with Gasteiger partial charge >= 0.3 is 0 Å². The van der Waals surface area contributed by atoms with Gasteiger partial charge in [0.1, 0.15) is 0 Å². The van der Waals surface area contributed by atoms with Crippen LogP contribution < -0.4 is 5.32 Å². The van der Waals surface area contributed by atoms with Crippen molar-refractivity contribution in [1.82, 2.24) is 4.98 Å². The predicted molar refractivity (Wildman–Crippen MR) is 104 cm³/mol. The van der Waals surface area contributed by atoms with E-state index >= 15 is 0 Å². The van der Waals surface area contributed by atoms with Crippen LogP contribution in [0.25, 0.3) is 10.6 Å². The fourth-order valence-corrected chi connectivity index (χ4v) is 4.27. The number of carbonyl (C=O) groups excluding carboxylic acids is 2. The summed E-state index contributed by atoms with van der Waals surface area (Å²) < 4.78 is 0. The van der Waals surface area contributed by atoms with E-state index in [4.69, 9.17) is 0 Å². The van der Waals surface area contributed by atoms with Crippen LogP contribution in [0.15, 0.2) is 41.8 Å². The smallest absolute Gasteiger partial charge is 0.224 e. The molecule has 6 heteroatoms. The number of nitrogens with zero attached hydrogens (tertiary/aromatic N) is 1. The van der Waals surface area contributed by atoms with Crippen molar-refractivity contribution in [1.29, 1.82) is 0 Å². The summed E-state index contributed by atoms with van der Waals surface area (Å²) in [6.45, 7) is 3.50. The normalized spacial score (nSPS) is 10.6. The van der Waals surface area contributed by atoms with Gasteiger partial charge in [-0.25, -0.2) is 4.98 Å². The minimum atomic E-state index is -0.0658. The zero-order valence-corrected chi connectivity index (χ0v) is 15.7. The summed E-state index contributed by atoms with van der Waals surface area (Å²) in [4.78, 5) is 30.6. The van der Waals surface area contributed by atoms with Crippen LogP contribution in [-0.4, -0.2) is 16.7 Å². The van der Waals surface area contributed by atoms with Crippen LogP contribution in [0.1, 0.15) is 33.6 Å². The highest BCUT2D eigenvalue weighted by molar-refractivity contribution is 7.15. The summed E-state index contributed by atoms with van der Waals surface area (Å²) in [5, 5.41) is 5.90. The number of ketones is 1. The predicted octanol–water partition coefficient (Wildman–Crippen LogP) is 4.95. The van der Waals surface area contributed by atoms with Crippen molar-refractivity contribution in [2.24, 2.45) is 0 Å². The lowest BCUT2D eigenvalue weighted by Crippen LogP contribution is -2.12. The van der Waals surface area contributed by atoms with Gasteiger partial charge in [-0.05, 0) is 43.8 Å². The number of carbonyl (C=O) groups is 2. The van der Waals surface area contributed by atoms with Crippen molar-refractivity contribution in [3.8, 4) is 10.6 Å². The number of rotatable bonds is 6. The monoisotopic (exact) mass is 370 g/mol. The number of aryl methyl sites for hydroxylation is 2. The second-order valence-corrected chi connectivity index (χ2v) is 7.90. The molecule has 1 N–H and O–H groups in total. The molecule has 3 aromatic rings. The average molecular weight is 370 g/mol. The molecule has 0 unspecified atom stereocenters. The summed E-state index contributed by atoms with van der Waals surface area (Å²) in [5.41, 5.74) is 2.23. The maximum absolute atomic E-state index is 12.3. The average Bonchev–Trinajstić information content (AvgIpc) is 3.22. The molecule has 25 heavy (non-hydrogen) atoms. The van der Waals surface area contributed by atoms with Crippen LogP contribution in [0.5, 0.6) is 0 Å². The molecule has 3 rings (SSSR count). The Kier molecular flexibility index (Phi) is 5.40. The Hall–Kier alpha value is -2.31. The Morgan fingerprint density at radius 1 is 1.20 bits per heavy atom. The molecule has 2 heterocycles. The fourth-order valence-electron chi connectivity index (χ4n) is 2.51. The van der Waals surface area contributed by atoms with Crippen molar-refractivity contribution in [3.05, 3.63) is 57.2 Å². The number of hydrogen-bond donors (Lipinski definition) is 1. The molecule has 0 fully saturated rings. The van der Waals surface area contributed by atoms with Gasteiger partial charge in [0.15, 0.2) is 5.78 Å². The summed E-state index contributed by atoms with van der Waals surface area (Å²) in [6.07, 6.45) is 1.03. The van der Waals surface area contributed by atoms with Gasteiger partial charge in [-0.1, -0.05) is 18.2 Å². The molecule has 0 aliphatic carbocycles. The minimum absolute atomic E-state index is 0.0168. The second kappa shape index (κ2) is 7.72. The largest absolute Gasteiger partial charge is 0.326 e. The van der Waals surface area contributed by atoms with E-state index in [1.165, 1.54) is 6.92 Å². The minimum Gasteiger partial charge on any atom is -0.326 e. The highest BCUT2D eigenvalue weighted by atomic mass is 32.1. The molecule has 0 bridgehead atoms. The van der Waals surface area contributed by atoms with E-state index < -0.39 is 0 Å². The summed E-state index contributed by atoms with van der Waals surface area (Å²) >= 11 is 3.29. The fraction of sp³-hybridized carbons (Fsp3) is 0.211. The van der Waals surface area contributed by atoms with Crippen molar-refractivity contribution >= 4 is 40.1 Å². The molecule has 0 spiro atoms. The first-order chi connectivity index (χ1) is 12.0. The van der Waals surface area contributed by atoms with Crippen molar-refractivity contribution in [3.63, 3.8) is 0 Å². The number of benzene rings is 1. The van der Waals surface area contributed by atoms with Crippen LogP contribution in [0, 0.1) is 6.92 Å². The van der Waals surface area contributed by atoms with Gasteiger partial charge in [-0.2, -0.15) is 0 Å². The number of anilines is 1. The lowest BCUT2D eigenvalue weighted by molar-refractivity contribution is -0.116. The van der Waals surface area contributed by atoms with Crippen molar-refractivity contribution in [2.75, 3.05) is 5.32 Å². The molecule has 1 amide bonds. The third kappa shape index (κ3) is 4.41. The molecular formula is C19H18N2O2S2. The number of Topliss-reactive ketones (excluding diaryl/α,β-unsaturated/α-hetero) is 1. The quantitative estimate of drug-likeness (QED) is 0.624. The number of thiophene rings is 1. The Morgan fingerprint density at radius 2 is 2.04 bits per heavy atom. The molecule has 4 nitrogen and oxygen atoms in total. The van der Waals surface area contributed by atoms with Gasteiger partial charge in [0.05, 0.1) is 15.6 Å². The molecule has 0 aliphatic heterocycles. The molecule has 0 atom stereocenters. The molecule has 0 saturated carbocycles. The Morgan fingerprint density at radius 3 is 2.76 bits per heavy atom. The third-order valence-corrected chi connectivity index (χ3v) is 5.60. The highest BCUT2D eigenvalue weighted by Crippen LogP contribution is 2.32. The van der Waals surface area contributed by atoms with Crippen molar-refractivity contribution < 1.29 is 9.59 Å². The Bertz CT molecular complexity index is 898. The first kappa shape index (κ1) is 17.5. The molecule has 0 radical (unpaired) electrons. The van der Waals surface area contributed by atoms with Crippen LogP contribution in [0.4, 0.5) is 5.69 Å². The molecule has 2 aromatic heterocycles. The van der Waals surface area contributed by atoms with Crippen molar-refractivity contribution in [2.45, 2.75) is 26.7 Å². The van der Waals surface area contributed by atoms with E-state index in [1.807, 2.05) is 18.4 Å². The van der Waals surface area contributed by atoms with Gasteiger partial charge in [0, 0.05) is 22.5 Å². The number of thiazole rings is 1. The van der Waals surface area contributed by atoms with E-state index in [-0.39, 0.29) is 11.7 Å². The topological polar surface area (TPSA) is 59.1 Å². The Balaban J connectivity index is 1.65. The lowest BCUT2D eigenvalue weighted by Gasteiger charge is -2.06. The first-order valence-electron chi connectivity index (χ1n) is 7.94. The highest BCUT2D eigenvalue weighted by Gasteiger charge is 2.14. The molecule has 0 aliphatic rings. The Labute approximate surface area is 154 Å². The summed E-state index contributed by atoms with van der Waals surface area (Å²) in [5.74, 6) is -0.0827. The van der Waals surface area contributed by atoms with Gasteiger partial charge in [-0.3, -0.25) is 9.59 Å². The van der Waals surface area contributed by atoms with Gasteiger partial charge in [-0.15, -0.1) is 22.7 Å². The summed E-state index contributed by atoms with van der Waals surface area (Å²) in [7, 11) is 0. The van der Waals surface area contributed by atoms with E-state index in [1.54, 1.807) is 46.9 Å². The van der Waals surface area contributed by atoms with E-state index in [0.29, 0.717) is 24.1 Å². The zero-order chi connectivity index (χ0) is 17.8. The number of amides is 1. The maximum Gasteiger partial charge on any atom is 0.224 e. The van der Waals surface area contributed by atoms with E-state index in [0.717, 1.165) is 20.5 Å². The SMILES string of the molecule is CC(=O)c1cccc(NC(=O)CCc2sc(C)nc2-c2cccs2)c1. The molecule has 0 saturated heterocycles.